The van der Waals surface area contributed by atoms with E-state index < -0.39 is 4.92 Å². The molecule has 0 amide bonds. The molecular formula is C16H18N2O4S. The summed E-state index contributed by atoms with van der Waals surface area (Å²) in [7, 11) is 0. The summed E-state index contributed by atoms with van der Waals surface area (Å²) in [5.74, 6) is -0.674. The van der Waals surface area contributed by atoms with Gasteiger partial charge in [-0.3, -0.25) is 14.9 Å². The normalized spacial score (nSPS) is 23.8. The predicted octanol–water partition coefficient (Wildman–Crippen LogP) is 3.52. The molecule has 0 spiro atoms. The first-order chi connectivity index (χ1) is 10.9. The van der Waals surface area contributed by atoms with Crippen LogP contribution in [0.1, 0.15) is 37.0 Å². The lowest BCUT2D eigenvalue weighted by Crippen LogP contribution is -2.42. The van der Waals surface area contributed by atoms with Gasteiger partial charge in [0.25, 0.3) is 5.69 Å². The third-order valence-corrected chi connectivity index (χ3v) is 6.07. The van der Waals surface area contributed by atoms with E-state index in [9.17, 15) is 20.0 Å². The van der Waals surface area contributed by atoms with Crippen LogP contribution < -0.4 is 0 Å². The molecule has 0 aliphatic carbocycles. The zero-order valence-corrected chi connectivity index (χ0v) is 13.8. The van der Waals surface area contributed by atoms with Crippen LogP contribution in [0.15, 0.2) is 28.8 Å². The number of rotatable bonds is 3. The number of phenols is 1. The molecule has 2 heterocycles. The highest BCUT2D eigenvalue weighted by atomic mass is 32.2. The number of carbonyl (C=O) groups is 1. The molecule has 6 nitrogen and oxygen atoms in total. The van der Waals surface area contributed by atoms with Crippen LogP contribution in [0.25, 0.3) is 0 Å². The summed E-state index contributed by atoms with van der Waals surface area (Å²) < 4.78 is 0. The van der Waals surface area contributed by atoms with Gasteiger partial charge in [0.1, 0.15) is 5.75 Å². The summed E-state index contributed by atoms with van der Waals surface area (Å²) in [5, 5.41) is 20.9. The molecule has 122 valence electrons. The molecule has 1 saturated heterocycles. The topological polar surface area (TPSA) is 83.7 Å². The molecule has 0 radical (unpaired) electrons. The number of hydrogen-bond acceptors (Lipinski definition) is 6. The Kier molecular flexibility index (Phi) is 4.06. The average molecular weight is 334 g/mol. The number of piperidine rings is 1. The fourth-order valence-electron chi connectivity index (χ4n) is 3.24. The number of fused-ring (bicyclic) bond motifs is 1. The number of allylic oxidation sites excluding steroid dienone is 2. The van der Waals surface area contributed by atoms with Gasteiger partial charge in [0, 0.05) is 29.3 Å². The average Bonchev–Trinajstić information content (AvgIpc) is 2.82. The zero-order valence-electron chi connectivity index (χ0n) is 13.0. The van der Waals surface area contributed by atoms with Crippen LogP contribution in [0.3, 0.4) is 0 Å². The van der Waals surface area contributed by atoms with Crippen LogP contribution in [0, 0.1) is 16.0 Å². The Bertz CT molecular complexity index is 716. The first-order valence-corrected chi connectivity index (χ1v) is 8.40. The van der Waals surface area contributed by atoms with Crippen LogP contribution in [0.5, 0.6) is 5.75 Å². The standard InChI is InChI=1S/C16H18N2O4S/c1-9-10(2)23-16-12(4-3-7-17(9)16)15(20)13-8-11(18(21)22)5-6-14(13)19/h5-6,8,12,16,19H,3-4,7H2,1-2H3. The smallest absolute Gasteiger partial charge is 0.270 e. The molecule has 2 aliphatic heterocycles. The second-order valence-corrected chi connectivity index (χ2v) is 7.25. The lowest BCUT2D eigenvalue weighted by molar-refractivity contribution is -0.384. The molecule has 3 rings (SSSR count). The number of thioether (sulfide) groups is 1. The van der Waals surface area contributed by atoms with Crippen molar-refractivity contribution in [3.8, 4) is 5.75 Å². The van der Waals surface area contributed by atoms with Crippen LogP contribution in [-0.2, 0) is 0 Å². The van der Waals surface area contributed by atoms with Crippen molar-refractivity contribution in [2.75, 3.05) is 6.54 Å². The van der Waals surface area contributed by atoms with Crippen LogP contribution in [-0.4, -0.2) is 32.6 Å². The number of phenolic OH excluding ortho intramolecular Hbond substituents is 1. The number of nitro groups is 1. The minimum atomic E-state index is -0.552. The molecular weight excluding hydrogens is 316 g/mol. The minimum absolute atomic E-state index is 0.0231. The molecule has 2 atom stereocenters. The first kappa shape index (κ1) is 15.9. The molecule has 0 saturated carbocycles. The number of Topliss-reactive ketones (excluding diaryl/α,β-unsaturated/α-hetero) is 1. The maximum Gasteiger partial charge on any atom is 0.270 e. The summed E-state index contributed by atoms with van der Waals surface area (Å²) in [6, 6.07) is 3.62. The number of carbonyl (C=O) groups excluding carboxylic acids is 1. The molecule has 2 unspecified atom stereocenters. The Hall–Kier alpha value is -2.02. The molecule has 1 aromatic rings. The molecule has 1 N–H and O–H groups in total. The SMILES string of the molecule is CC1=C(C)N2CCCC(C(=O)c3cc([N+](=O)[O-])ccc3O)C2S1. The number of non-ortho nitro benzene ring substituents is 1. The van der Waals surface area contributed by atoms with E-state index in [-0.39, 0.29) is 34.1 Å². The highest BCUT2D eigenvalue weighted by Crippen LogP contribution is 2.46. The van der Waals surface area contributed by atoms with Crippen molar-refractivity contribution in [3.63, 3.8) is 0 Å². The number of ketones is 1. The lowest BCUT2D eigenvalue weighted by Gasteiger charge is -2.37. The van der Waals surface area contributed by atoms with E-state index in [0.717, 1.165) is 19.4 Å². The lowest BCUT2D eigenvalue weighted by atomic mass is 9.89. The minimum Gasteiger partial charge on any atom is -0.507 e. The molecule has 23 heavy (non-hydrogen) atoms. The van der Waals surface area contributed by atoms with Gasteiger partial charge in [0.15, 0.2) is 5.78 Å². The maximum absolute atomic E-state index is 12.9. The Morgan fingerprint density at radius 1 is 1.43 bits per heavy atom. The number of hydrogen-bond donors (Lipinski definition) is 1. The first-order valence-electron chi connectivity index (χ1n) is 7.52. The Morgan fingerprint density at radius 2 is 2.17 bits per heavy atom. The van der Waals surface area contributed by atoms with Crippen LogP contribution >= 0.6 is 11.8 Å². The number of nitrogens with zero attached hydrogens (tertiary/aromatic N) is 2. The number of aromatic hydroxyl groups is 1. The van der Waals surface area contributed by atoms with Gasteiger partial charge >= 0.3 is 0 Å². The van der Waals surface area contributed by atoms with Gasteiger partial charge in [-0.05, 0) is 32.8 Å². The Balaban J connectivity index is 1.92. The van der Waals surface area contributed by atoms with Gasteiger partial charge in [0.05, 0.1) is 21.8 Å². The van der Waals surface area contributed by atoms with E-state index in [0.29, 0.717) is 0 Å². The van der Waals surface area contributed by atoms with E-state index in [4.69, 9.17) is 0 Å². The fourth-order valence-corrected chi connectivity index (χ4v) is 4.70. The fraction of sp³-hybridized carbons (Fsp3) is 0.438. The molecule has 0 bridgehead atoms. The summed E-state index contributed by atoms with van der Waals surface area (Å²) in [5.41, 5.74) is 1.07. The van der Waals surface area contributed by atoms with E-state index in [2.05, 4.69) is 11.8 Å². The van der Waals surface area contributed by atoms with E-state index >= 15 is 0 Å². The highest BCUT2D eigenvalue weighted by Gasteiger charge is 2.41. The van der Waals surface area contributed by atoms with Crippen molar-refractivity contribution in [1.29, 1.82) is 0 Å². The highest BCUT2D eigenvalue weighted by molar-refractivity contribution is 8.03. The predicted molar refractivity (Wildman–Crippen MR) is 88.3 cm³/mol. The molecule has 0 aromatic heterocycles. The van der Waals surface area contributed by atoms with Gasteiger partial charge < -0.3 is 10.0 Å². The molecule has 1 aromatic carbocycles. The van der Waals surface area contributed by atoms with Crippen molar-refractivity contribution >= 4 is 23.2 Å². The second kappa shape index (κ2) is 5.88. The molecule has 2 aliphatic rings. The third-order valence-electron chi connectivity index (χ3n) is 4.60. The van der Waals surface area contributed by atoms with Crippen LogP contribution in [0.2, 0.25) is 0 Å². The molecule has 1 fully saturated rings. The van der Waals surface area contributed by atoms with Crippen molar-refractivity contribution in [2.45, 2.75) is 32.1 Å². The van der Waals surface area contributed by atoms with Crippen molar-refractivity contribution in [1.82, 2.24) is 4.90 Å². The van der Waals surface area contributed by atoms with Crippen molar-refractivity contribution < 1.29 is 14.8 Å². The van der Waals surface area contributed by atoms with Gasteiger partial charge in [-0.1, -0.05) is 0 Å². The van der Waals surface area contributed by atoms with Crippen LogP contribution in [0.4, 0.5) is 5.69 Å². The van der Waals surface area contributed by atoms with Gasteiger partial charge in [-0.15, -0.1) is 11.8 Å². The third kappa shape index (κ3) is 2.69. The van der Waals surface area contributed by atoms with E-state index in [1.165, 1.54) is 28.8 Å². The summed E-state index contributed by atoms with van der Waals surface area (Å²) in [6.45, 7) is 5.02. The summed E-state index contributed by atoms with van der Waals surface area (Å²) >= 11 is 1.67. The van der Waals surface area contributed by atoms with Crippen molar-refractivity contribution in [2.24, 2.45) is 5.92 Å². The number of nitro benzene ring substituents is 1. The maximum atomic E-state index is 12.9. The van der Waals surface area contributed by atoms with Gasteiger partial charge in [-0.2, -0.15) is 0 Å². The van der Waals surface area contributed by atoms with E-state index in [1.54, 1.807) is 11.8 Å². The number of benzene rings is 1. The molecule has 7 heteroatoms. The summed E-state index contributed by atoms with van der Waals surface area (Å²) in [6.07, 6.45) is 1.63. The van der Waals surface area contributed by atoms with Gasteiger partial charge in [-0.25, -0.2) is 0 Å². The Morgan fingerprint density at radius 3 is 2.87 bits per heavy atom. The second-order valence-electron chi connectivity index (χ2n) is 5.91. The van der Waals surface area contributed by atoms with Gasteiger partial charge in [0.2, 0.25) is 0 Å². The largest absolute Gasteiger partial charge is 0.507 e. The zero-order chi connectivity index (χ0) is 16.7. The quantitative estimate of drug-likeness (QED) is 0.517. The van der Waals surface area contributed by atoms with E-state index in [1.807, 2.05) is 6.92 Å². The van der Waals surface area contributed by atoms with Crippen molar-refractivity contribution in [3.05, 3.63) is 44.5 Å². The monoisotopic (exact) mass is 334 g/mol. The Labute approximate surface area is 138 Å². The summed E-state index contributed by atoms with van der Waals surface area (Å²) in [4.78, 5) is 26.7.